The molecule has 0 amide bonds. The average molecular weight is 207 g/mol. The fourth-order valence-electron chi connectivity index (χ4n) is 4.20. The smallest absolute Gasteiger partial charge is 0.0448 e. The van der Waals surface area contributed by atoms with Gasteiger partial charge in [0.25, 0.3) is 0 Å². The minimum absolute atomic E-state index is 0.289. The van der Waals surface area contributed by atoms with Crippen molar-refractivity contribution in [1.82, 2.24) is 0 Å². The zero-order valence-corrected chi connectivity index (χ0v) is 9.36. The van der Waals surface area contributed by atoms with E-state index in [1.807, 2.05) is 0 Å². The fourth-order valence-corrected chi connectivity index (χ4v) is 4.20. The van der Waals surface area contributed by atoms with Crippen molar-refractivity contribution in [2.45, 2.75) is 38.5 Å². The molecule has 0 spiro atoms. The third-order valence-corrected chi connectivity index (χ3v) is 4.59. The van der Waals surface area contributed by atoms with Crippen LogP contribution in [0.25, 0.3) is 0 Å². The number of nitrogens with zero attached hydrogens (tertiary/aromatic N) is 1. The van der Waals surface area contributed by atoms with E-state index in [0.717, 1.165) is 36.6 Å². The molecule has 2 nitrogen and oxygen atoms in total. The Balaban J connectivity index is 1.72. The van der Waals surface area contributed by atoms with Gasteiger partial charge in [0.2, 0.25) is 0 Å². The summed E-state index contributed by atoms with van der Waals surface area (Å²) >= 11 is 0. The molecule has 15 heavy (non-hydrogen) atoms. The lowest BCUT2D eigenvalue weighted by atomic mass is 9.55. The Kier molecular flexibility index (Phi) is 2.55. The highest BCUT2D eigenvalue weighted by molar-refractivity contribution is 5.90. The van der Waals surface area contributed by atoms with Gasteiger partial charge in [0, 0.05) is 18.9 Å². The largest absolute Gasteiger partial charge is 0.396 e. The minimum Gasteiger partial charge on any atom is -0.396 e. The lowest BCUT2D eigenvalue weighted by Crippen LogP contribution is -2.45. The van der Waals surface area contributed by atoms with E-state index in [1.54, 1.807) is 0 Å². The molecule has 84 valence electrons. The minimum atomic E-state index is 0.289. The zero-order valence-electron chi connectivity index (χ0n) is 9.36. The summed E-state index contributed by atoms with van der Waals surface area (Å²) in [6, 6.07) is 0. The van der Waals surface area contributed by atoms with Gasteiger partial charge in [-0.15, -0.1) is 0 Å². The molecule has 4 rings (SSSR count). The molecule has 4 bridgehead atoms. The third kappa shape index (κ3) is 1.73. The first-order valence-electron chi connectivity index (χ1n) is 6.52. The van der Waals surface area contributed by atoms with E-state index in [0.29, 0.717) is 0 Å². The van der Waals surface area contributed by atoms with E-state index in [4.69, 9.17) is 10.1 Å². The van der Waals surface area contributed by atoms with Crippen molar-refractivity contribution in [2.75, 3.05) is 13.2 Å². The summed E-state index contributed by atoms with van der Waals surface area (Å²) in [5.74, 6) is 3.73. The summed E-state index contributed by atoms with van der Waals surface area (Å²) in [6.07, 6.45) is 8.04. The van der Waals surface area contributed by atoms with Gasteiger partial charge in [0.15, 0.2) is 0 Å². The van der Waals surface area contributed by atoms with Crippen molar-refractivity contribution in [3.8, 4) is 0 Å². The highest BCUT2D eigenvalue weighted by Crippen LogP contribution is 2.52. The monoisotopic (exact) mass is 207 g/mol. The van der Waals surface area contributed by atoms with E-state index >= 15 is 0 Å². The van der Waals surface area contributed by atoms with Crippen molar-refractivity contribution >= 4 is 5.71 Å². The van der Waals surface area contributed by atoms with Crippen LogP contribution < -0.4 is 0 Å². The molecule has 4 fully saturated rings. The SMILES string of the molecule is OCCCN=C1C2CC3CC(C2)CC1C3. The van der Waals surface area contributed by atoms with Crippen LogP contribution in [0.3, 0.4) is 0 Å². The molecule has 0 unspecified atom stereocenters. The summed E-state index contributed by atoms with van der Waals surface area (Å²) in [6.45, 7) is 1.14. The van der Waals surface area contributed by atoms with Crippen LogP contribution in [-0.4, -0.2) is 24.0 Å². The van der Waals surface area contributed by atoms with Crippen LogP contribution in [0.4, 0.5) is 0 Å². The van der Waals surface area contributed by atoms with Gasteiger partial charge in [-0.3, -0.25) is 4.99 Å². The fraction of sp³-hybridized carbons (Fsp3) is 0.923. The lowest BCUT2D eigenvalue weighted by molar-refractivity contribution is 0.108. The standard InChI is InChI=1S/C13H21NO/c15-3-1-2-14-13-11-5-9-4-10(7-11)8-12(13)6-9/h9-12,15H,1-8H2. The summed E-state index contributed by atoms with van der Waals surface area (Å²) in [7, 11) is 0. The molecule has 0 aromatic rings. The molecule has 0 aromatic carbocycles. The number of aliphatic hydroxyl groups excluding tert-OH is 1. The van der Waals surface area contributed by atoms with E-state index in [9.17, 15) is 0 Å². The maximum absolute atomic E-state index is 8.78. The second-order valence-corrected chi connectivity index (χ2v) is 5.69. The Bertz CT molecular complexity index is 242. The number of aliphatic hydroxyl groups is 1. The Morgan fingerprint density at radius 3 is 2.13 bits per heavy atom. The molecule has 4 aliphatic carbocycles. The van der Waals surface area contributed by atoms with Gasteiger partial charge in [-0.05, 0) is 62.2 Å². The van der Waals surface area contributed by atoms with Gasteiger partial charge in [-0.25, -0.2) is 0 Å². The van der Waals surface area contributed by atoms with Crippen molar-refractivity contribution in [3.05, 3.63) is 0 Å². The van der Waals surface area contributed by atoms with Crippen molar-refractivity contribution < 1.29 is 5.11 Å². The Morgan fingerprint density at radius 2 is 1.60 bits per heavy atom. The molecule has 0 radical (unpaired) electrons. The highest BCUT2D eigenvalue weighted by atomic mass is 16.3. The highest BCUT2D eigenvalue weighted by Gasteiger charge is 2.45. The molecule has 0 atom stereocenters. The van der Waals surface area contributed by atoms with Crippen molar-refractivity contribution in [3.63, 3.8) is 0 Å². The van der Waals surface area contributed by atoms with Crippen molar-refractivity contribution in [2.24, 2.45) is 28.7 Å². The number of hydrogen-bond acceptors (Lipinski definition) is 2. The Labute approximate surface area is 91.8 Å². The van der Waals surface area contributed by atoms with Crippen LogP contribution >= 0.6 is 0 Å². The molecule has 4 saturated carbocycles. The second-order valence-electron chi connectivity index (χ2n) is 5.69. The molecule has 0 saturated heterocycles. The van der Waals surface area contributed by atoms with E-state index in [2.05, 4.69) is 0 Å². The second kappa shape index (κ2) is 3.89. The van der Waals surface area contributed by atoms with Crippen molar-refractivity contribution in [1.29, 1.82) is 0 Å². The number of rotatable bonds is 3. The summed E-state index contributed by atoms with van der Waals surface area (Å²) < 4.78 is 0. The van der Waals surface area contributed by atoms with Gasteiger partial charge in [0.1, 0.15) is 0 Å². The maximum atomic E-state index is 8.78. The summed E-state index contributed by atoms with van der Waals surface area (Å²) in [4.78, 5) is 4.77. The molecule has 0 aromatic heterocycles. The molecule has 0 heterocycles. The molecule has 4 aliphatic rings. The first-order chi connectivity index (χ1) is 7.36. The van der Waals surface area contributed by atoms with Gasteiger partial charge in [0.05, 0.1) is 0 Å². The topological polar surface area (TPSA) is 32.6 Å². The molecule has 0 aliphatic heterocycles. The molecule has 1 N–H and O–H groups in total. The summed E-state index contributed by atoms with van der Waals surface area (Å²) in [5, 5.41) is 8.78. The van der Waals surface area contributed by atoms with Crippen LogP contribution in [0.1, 0.15) is 38.5 Å². The predicted molar refractivity (Wildman–Crippen MR) is 61.0 cm³/mol. The van der Waals surface area contributed by atoms with Gasteiger partial charge in [-0.1, -0.05) is 0 Å². The van der Waals surface area contributed by atoms with Crippen LogP contribution in [0.2, 0.25) is 0 Å². The van der Waals surface area contributed by atoms with Gasteiger partial charge in [-0.2, -0.15) is 0 Å². The molecular weight excluding hydrogens is 186 g/mol. The van der Waals surface area contributed by atoms with Crippen LogP contribution in [0.5, 0.6) is 0 Å². The van der Waals surface area contributed by atoms with E-state index in [-0.39, 0.29) is 6.61 Å². The maximum Gasteiger partial charge on any atom is 0.0448 e. The van der Waals surface area contributed by atoms with Gasteiger partial charge < -0.3 is 5.11 Å². The molecular formula is C13H21NO. The van der Waals surface area contributed by atoms with Crippen LogP contribution in [-0.2, 0) is 0 Å². The number of hydrogen-bond donors (Lipinski definition) is 1. The zero-order chi connectivity index (χ0) is 10.3. The first kappa shape index (κ1) is 9.83. The van der Waals surface area contributed by atoms with E-state index in [1.165, 1.54) is 37.8 Å². The first-order valence-corrected chi connectivity index (χ1v) is 6.52. The third-order valence-electron chi connectivity index (χ3n) is 4.59. The Hall–Kier alpha value is -0.370. The quantitative estimate of drug-likeness (QED) is 0.707. The predicted octanol–water partition coefficient (Wildman–Crippen LogP) is 2.27. The number of aliphatic imine (C=N–C) groups is 1. The average Bonchev–Trinajstić information content (AvgIpc) is 2.21. The van der Waals surface area contributed by atoms with Crippen LogP contribution in [0.15, 0.2) is 4.99 Å². The Morgan fingerprint density at radius 1 is 1.00 bits per heavy atom. The normalized spacial score (nSPS) is 42.3. The van der Waals surface area contributed by atoms with Gasteiger partial charge >= 0.3 is 0 Å². The van der Waals surface area contributed by atoms with E-state index < -0.39 is 0 Å². The molecule has 2 heteroatoms. The summed E-state index contributed by atoms with van der Waals surface area (Å²) in [5.41, 5.74) is 1.54. The van der Waals surface area contributed by atoms with Crippen LogP contribution in [0, 0.1) is 23.7 Å². The lowest BCUT2D eigenvalue weighted by Gasteiger charge is -2.50.